The van der Waals surface area contributed by atoms with E-state index in [9.17, 15) is 4.39 Å². The van der Waals surface area contributed by atoms with Crippen molar-refractivity contribution in [2.45, 2.75) is 19.5 Å². The summed E-state index contributed by atoms with van der Waals surface area (Å²) in [6.45, 7) is 4.80. The molecule has 0 radical (unpaired) electrons. The van der Waals surface area contributed by atoms with Crippen molar-refractivity contribution in [2.75, 3.05) is 31.1 Å². The van der Waals surface area contributed by atoms with E-state index in [2.05, 4.69) is 37.5 Å². The molecule has 6 nitrogen and oxygen atoms in total. The molecule has 1 saturated heterocycles. The summed E-state index contributed by atoms with van der Waals surface area (Å²) in [5.74, 6) is 0.723. The van der Waals surface area contributed by atoms with Crippen molar-refractivity contribution in [3.63, 3.8) is 0 Å². The molecule has 1 aliphatic heterocycles. The minimum atomic E-state index is -0.157. The standard InChI is InChI=1S/C20H23FN6/c21-18-8-4-5-9-19(18)26-14-12-25(13-15-26)16-20-22-23-24-27(20)11-10-17-6-2-1-3-7-17/h1-9H,10-16H2. The van der Waals surface area contributed by atoms with Gasteiger partial charge in [-0.25, -0.2) is 9.07 Å². The third kappa shape index (κ3) is 4.31. The molecule has 7 heteroatoms. The van der Waals surface area contributed by atoms with Gasteiger partial charge in [0, 0.05) is 32.7 Å². The van der Waals surface area contributed by atoms with Gasteiger partial charge in [-0.15, -0.1) is 5.10 Å². The van der Waals surface area contributed by atoms with Crippen LogP contribution in [0.1, 0.15) is 11.4 Å². The van der Waals surface area contributed by atoms with Crippen LogP contribution in [0.25, 0.3) is 0 Å². The molecule has 3 aromatic rings. The van der Waals surface area contributed by atoms with Gasteiger partial charge in [0.1, 0.15) is 5.82 Å². The number of tetrazole rings is 1. The van der Waals surface area contributed by atoms with E-state index in [4.69, 9.17) is 0 Å². The van der Waals surface area contributed by atoms with Crippen LogP contribution in [0.4, 0.5) is 10.1 Å². The molecule has 0 N–H and O–H groups in total. The van der Waals surface area contributed by atoms with E-state index >= 15 is 0 Å². The van der Waals surface area contributed by atoms with Crippen LogP contribution in [0.2, 0.25) is 0 Å². The van der Waals surface area contributed by atoms with Crippen LogP contribution in [0.3, 0.4) is 0 Å². The number of hydrogen-bond acceptors (Lipinski definition) is 5. The van der Waals surface area contributed by atoms with Crippen molar-refractivity contribution < 1.29 is 4.39 Å². The molecule has 1 aliphatic rings. The van der Waals surface area contributed by atoms with E-state index in [1.165, 1.54) is 11.6 Å². The summed E-state index contributed by atoms with van der Waals surface area (Å²) >= 11 is 0. The van der Waals surface area contributed by atoms with Gasteiger partial charge in [0.2, 0.25) is 0 Å². The van der Waals surface area contributed by atoms with E-state index in [-0.39, 0.29) is 5.82 Å². The first-order valence-electron chi connectivity index (χ1n) is 9.30. The Labute approximate surface area is 158 Å². The summed E-state index contributed by atoms with van der Waals surface area (Å²) in [6, 6.07) is 17.3. The van der Waals surface area contributed by atoms with E-state index < -0.39 is 0 Å². The summed E-state index contributed by atoms with van der Waals surface area (Å²) in [5, 5.41) is 12.2. The Kier molecular flexibility index (Phi) is 5.39. The fourth-order valence-electron chi connectivity index (χ4n) is 3.44. The number of aromatic nitrogens is 4. The predicted octanol–water partition coefficient (Wildman–Crippen LogP) is 2.38. The molecule has 140 valence electrons. The number of para-hydroxylation sites is 1. The minimum Gasteiger partial charge on any atom is -0.367 e. The highest BCUT2D eigenvalue weighted by molar-refractivity contribution is 5.47. The Bertz CT molecular complexity index is 858. The van der Waals surface area contributed by atoms with Gasteiger partial charge < -0.3 is 4.90 Å². The second-order valence-electron chi connectivity index (χ2n) is 6.77. The van der Waals surface area contributed by atoms with Crippen LogP contribution in [-0.2, 0) is 19.5 Å². The monoisotopic (exact) mass is 366 g/mol. The van der Waals surface area contributed by atoms with Crippen LogP contribution in [0.5, 0.6) is 0 Å². The first kappa shape index (κ1) is 17.6. The molecular formula is C20H23FN6. The molecule has 0 spiro atoms. The molecule has 0 bridgehead atoms. The van der Waals surface area contributed by atoms with Gasteiger partial charge in [-0.1, -0.05) is 42.5 Å². The maximum Gasteiger partial charge on any atom is 0.165 e. The van der Waals surface area contributed by atoms with E-state index in [1.54, 1.807) is 6.07 Å². The van der Waals surface area contributed by atoms with E-state index in [1.807, 2.05) is 35.0 Å². The molecule has 1 fully saturated rings. The topological polar surface area (TPSA) is 50.1 Å². The van der Waals surface area contributed by atoms with Crippen LogP contribution in [0, 0.1) is 5.82 Å². The van der Waals surface area contributed by atoms with Gasteiger partial charge in [-0.05, 0) is 34.5 Å². The Balaban J connectivity index is 1.32. The van der Waals surface area contributed by atoms with Crippen molar-refractivity contribution >= 4 is 5.69 Å². The molecule has 0 amide bonds. The lowest BCUT2D eigenvalue weighted by Crippen LogP contribution is -2.46. The number of benzene rings is 2. The fourth-order valence-corrected chi connectivity index (χ4v) is 3.44. The fraction of sp³-hybridized carbons (Fsp3) is 0.350. The smallest absolute Gasteiger partial charge is 0.165 e. The van der Waals surface area contributed by atoms with Crippen molar-refractivity contribution in [1.82, 2.24) is 25.1 Å². The Morgan fingerprint density at radius 3 is 2.41 bits per heavy atom. The number of rotatable bonds is 6. The third-order valence-electron chi connectivity index (χ3n) is 4.99. The van der Waals surface area contributed by atoms with Gasteiger partial charge in [0.25, 0.3) is 0 Å². The molecule has 4 rings (SSSR count). The van der Waals surface area contributed by atoms with Crippen molar-refractivity contribution in [2.24, 2.45) is 0 Å². The average molecular weight is 366 g/mol. The molecule has 0 saturated carbocycles. The lowest BCUT2D eigenvalue weighted by atomic mass is 10.1. The number of piperazine rings is 1. The zero-order valence-electron chi connectivity index (χ0n) is 15.2. The van der Waals surface area contributed by atoms with Gasteiger partial charge in [-0.2, -0.15) is 0 Å². The van der Waals surface area contributed by atoms with Crippen LogP contribution >= 0.6 is 0 Å². The number of aryl methyl sites for hydroxylation is 2. The Hall–Kier alpha value is -2.80. The van der Waals surface area contributed by atoms with E-state index in [0.717, 1.165) is 45.0 Å². The number of halogens is 1. The number of anilines is 1. The van der Waals surface area contributed by atoms with Crippen LogP contribution < -0.4 is 4.90 Å². The van der Waals surface area contributed by atoms with Gasteiger partial charge in [-0.3, -0.25) is 4.90 Å². The zero-order valence-corrected chi connectivity index (χ0v) is 15.2. The quantitative estimate of drug-likeness (QED) is 0.670. The van der Waals surface area contributed by atoms with Crippen LogP contribution in [0.15, 0.2) is 54.6 Å². The maximum atomic E-state index is 14.0. The first-order chi connectivity index (χ1) is 13.3. The summed E-state index contributed by atoms with van der Waals surface area (Å²) < 4.78 is 15.9. The molecule has 0 unspecified atom stereocenters. The van der Waals surface area contributed by atoms with Crippen molar-refractivity contribution in [3.8, 4) is 0 Å². The van der Waals surface area contributed by atoms with Crippen molar-refractivity contribution in [3.05, 3.63) is 71.8 Å². The molecule has 2 aromatic carbocycles. The Morgan fingerprint density at radius 1 is 0.889 bits per heavy atom. The summed E-state index contributed by atoms with van der Waals surface area (Å²) in [5.41, 5.74) is 1.96. The first-order valence-corrected chi connectivity index (χ1v) is 9.30. The SMILES string of the molecule is Fc1ccccc1N1CCN(Cc2nnnn2CCc2ccccc2)CC1. The van der Waals surface area contributed by atoms with E-state index in [0.29, 0.717) is 12.2 Å². The normalized spacial score (nSPS) is 15.2. The highest BCUT2D eigenvalue weighted by atomic mass is 19.1. The molecule has 2 heterocycles. The highest BCUT2D eigenvalue weighted by Crippen LogP contribution is 2.20. The zero-order chi connectivity index (χ0) is 18.5. The lowest BCUT2D eigenvalue weighted by molar-refractivity contribution is 0.238. The maximum absolute atomic E-state index is 14.0. The van der Waals surface area contributed by atoms with Gasteiger partial charge >= 0.3 is 0 Å². The molecule has 0 aliphatic carbocycles. The summed E-state index contributed by atoms with van der Waals surface area (Å²) in [6.07, 6.45) is 0.903. The Morgan fingerprint density at radius 2 is 1.63 bits per heavy atom. The second-order valence-corrected chi connectivity index (χ2v) is 6.77. The highest BCUT2D eigenvalue weighted by Gasteiger charge is 2.21. The largest absolute Gasteiger partial charge is 0.367 e. The molecule has 0 atom stereocenters. The second kappa shape index (κ2) is 8.26. The third-order valence-corrected chi connectivity index (χ3v) is 4.99. The average Bonchev–Trinajstić information content (AvgIpc) is 3.15. The summed E-state index contributed by atoms with van der Waals surface area (Å²) in [4.78, 5) is 4.42. The predicted molar refractivity (Wildman–Crippen MR) is 102 cm³/mol. The number of nitrogens with zero attached hydrogens (tertiary/aromatic N) is 6. The number of hydrogen-bond donors (Lipinski definition) is 0. The summed E-state index contributed by atoms with van der Waals surface area (Å²) in [7, 11) is 0. The minimum absolute atomic E-state index is 0.157. The van der Waals surface area contributed by atoms with Crippen LogP contribution in [-0.4, -0.2) is 51.3 Å². The molecule has 1 aromatic heterocycles. The van der Waals surface area contributed by atoms with Crippen molar-refractivity contribution in [1.29, 1.82) is 0 Å². The lowest BCUT2D eigenvalue weighted by Gasteiger charge is -2.35. The van der Waals surface area contributed by atoms with Gasteiger partial charge in [0.05, 0.1) is 12.2 Å². The van der Waals surface area contributed by atoms with Gasteiger partial charge in [0.15, 0.2) is 5.82 Å². The molecule has 27 heavy (non-hydrogen) atoms. The molecular weight excluding hydrogens is 343 g/mol.